The van der Waals surface area contributed by atoms with Crippen LogP contribution in [0.5, 0.6) is 11.5 Å². The van der Waals surface area contributed by atoms with Crippen LogP contribution in [0.15, 0.2) is 65.6 Å². The van der Waals surface area contributed by atoms with Crippen molar-refractivity contribution in [2.75, 3.05) is 38.6 Å². The summed E-state index contributed by atoms with van der Waals surface area (Å²) >= 11 is 12.3. The molecule has 0 unspecified atom stereocenters. The first kappa shape index (κ1) is 31.9. The molecule has 3 aromatic carbocycles. The molecule has 1 amide bonds. The zero-order valence-electron chi connectivity index (χ0n) is 23.9. The molecule has 1 aliphatic heterocycles. The van der Waals surface area contributed by atoms with Crippen LogP contribution in [0.1, 0.15) is 29.8 Å². The highest BCUT2D eigenvalue weighted by molar-refractivity contribution is 7.92. The van der Waals surface area contributed by atoms with Crippen LogP contribution in [0.3, 0.4) is 0 Å². The van der Waals surface area contributed by atoms with Gasteiger partial charge in [-0.1, -0.05) is 36.2 Å². The average Bonchev–Trinajstić information content (AvgIpc) is 2.96. The van der Waals surface area contributed by atoms with Crippen LogP contribution in [0.4, 0.5) is 5.69 Å². The Bertz CT molecular complexity index is 1520. The van der Waals surface area contributed by atoms with Gasteiger partial charge < -0.3 is 19.5 Å². The largest absolute Gasteiger partial charge is 0.497 e. The molecule has 3 aromatic rings. The van der Waals surface area contributed by atoms with Crippen molar-refractivity contribution >= 4 is 44.8 Å². The van der Waals surface area contributed by atoms with Crippen molar-refractivity contribution in [3.63, 3.8) is 0 Å². The van der Waals surface area contributed by atoms with Crippen molar-refractivity contribution in [3.05, 3.63) is 81.8 Å². The topological polar surface area (TPSA) is 108 Å². The van der Waals surface area contributed by atoms with Crippen molar-refractivity contribution < 1.29 is 27.8 Å². The number of aliphatic hydroxyl groups is 1. The number of methoxy groups -OCH3 is 1. The Morgan fingerprint density at radius 2 is 1.83 bits per heavy atom. The number of anilines is 1. The highest BCUT2D eigenvalue weighted by Gasteiger charge is 2.34. The van der Waals surface area contributed by atoms with Gasteiger partial charge in [-0.2, -0.15) is 0 Å². The Morgan fingerprint density at radius 1 is 1.12 bits per heavy atom. The fourth-order valence-electron chi connectivity index (χ4n) is 4.79. The summed E-state index contributed by atoms with van der Waals surface area (Å²) in [4.78, 5) is 17.5. The average molecular weight is 637 g/mol. The summed E-state index contributed by atoms with van der Waals surface area (Å²) in [6.45, 7) is 5.02. The lowest BCUT2D eigenvalue weighted by molar-refractivity contribution is 0.0341. The van der Waals surface area contributed by atoms with E-state index in [1.54, 1.807) is 42.2 Å². The number of nitrogens with zero attached hydrogens (tertiary/aromatic N) is 2. The third-order valence-electron chi connectivity index (χ3n) is 7.21. The van der Waals surface area contributed by atoms with E-state index in [1.165, 1.54) is 25.3 Å². The van der Waals surface area contributed by atoms with Gasteiger partial charge in [0.1, 0.15) is 17.6 Å². The second-order valence-corrected chi connectivity index (χ2v) is 13.1. The number of aliphatic hydroxyl groups excluding tert-OH is 1. The summed E-state index contributed by atoms with van der Waals surface area (Å²) < 4.78 is 40.2. The zero-order valence-corrected chi connectivity index (χ0v) is 26.2. The third-order valence-corrected chi connectivity index (χ3v) is 9.35. The minimum Gasteiger partial charge on any atom is -0.497 e. The number of halogens is 2. The molecular formula is C30H35Cl2N3O6S. The predicted molar refractivity (Wildman–Crippen MR) is 164 cm³/mol. The van der Waals surface area contributed by atoms with E-state index in [4.69, 9.17) is 32.7 Å². The summed E-state index contributed by atoms with van der Waals surface area (Å²) in [7, 11) is -0.474. The van der Waals surface area contributed by atoms with Gasteiger partial charge in [0.25, 0.3) is 15.9 Å². The number of fused-ring (bicyclic) bond motifs is 1. The fraction of sp³-hybridized carbons (Fsp3) is 0.367. The van der Waals surface area contributed by atoms with Crippen LogP contribution < -0.4 is 14.2 Å². The van der Waals surface area contributed by atoms with Crippen molar-refractivity contribution in [1.82, 2.24) is 9.80 Å². The SMILES string of the molecule is COc1ccc(S(=O)(=O)Nc2ccc3c(c2)C(=O)N([C@@H](C)CO)C[C@H](C)[C@H](CN(C)Cc2ccc(Cl)c(Cl)c2)O3)cc1. The number of carbonyl (C=O) groups is 1. The second kappa shape index (κ2) is 13.5. The molecule has 226 valence electrons. The van der Waals surface area contributed by atoms with E-state index in [-0.39, 0.29) is 40.7 Å². The van der Waals surface area contributed by atoms with E-state index in [9.17, 15) is 18.3 Å². The molecule has 0 aliphatic carbocycles. The van der Waals surface area contributed by atoms with Crippen LogP contribution in [0, 0.1) is 5.92 Å². The number of sulfonamides is 1. The van der Waals surface area contributed by atoms with Gasteiger partial charge in [-0.25, -0.2) is 8.42 Å². The number of nitrogens with one attached hydrogen (secondary N) is 1. The molecule has 0 saturated heterocycles. The number of hydrogen-bond acceptors (Lipinski definition) is 7. The Hall–Kier alpha value is -3.02. The number of likely N-dealkylation sites (N-methyl/N-ethyl adjacent to an activating group) is 1. The Labute approximate surface area is 257 Å². The Kier molecular flexibility index (Phi) is 10.3. The quantitative estimate of drug-likeness (QED) is 0.317. The van der Waals surface area contributed by atoms with Gasteiger partial charge in [0.15, 0.2) is 0 Å². The summed E-state index contributed by atoms with van der Waals surface area (Å²) in [5, 5.41) is 10.9. The van der Waals surface area contributed by atoms with Crippen LogP contribution in [-0.4, -0.2) is 75.2 Å². The smallest absolute Gasteiger partial charge is 0.261 e. The molecule has 0 spiro atoms. The molecule has 0 fully saturated rings. The summed E-state index contributed by atoms with van der Waals surface area (Å²) in [6.07, 6.45) is -0.320. The number of amides is 1. The standard InChI is InChI=1S/C30H35Cl2N3O6S/c1-19-15-35(20(2)18-36)30(37)25-14-22(33-42(38,39)24-9-7-23(40-4)8-10-24)6-12-28(25)41-29(19)17-34(3)16-21-5-11-26(31)27(32)13-21/h5-14,19-20,29,33,36H,15-18H2,1-4H3/t19-,20-,29-/m0/s1. The van der Waals surface area contributed by atoms with Gasteiger partial charge in [0.2, 0.25) is 0 Å². The zero-order chi connectivity index (χ0) is 30.6. The lowest BCUT2D eigenvalue weighted by Crippen LogP contribution is -2.49. The monoisotopic (exact) mass is 635 g/mol. The Morgan fingerprint density at radius 3 is 2.48 bits per heavy atom. The van der Waals surface area contributed by atoms with Crippen molar-refractivity contribution in [3.8, 4) is 11.5 Å². The maximum atomic E-state index is 13.7. The normalized spacial score (nSPS) is 18.1. The van der Waals surface area contributed by atoms with Crippen LogP contribution in [0.2, 0.25) is 10.0 Å². The predicted octanol–water partition coefficient (Wildman–Crippen LogP) is 5.15. The van der Waals surface area contributed by atoms with Gasteiger partial charge >= 0.3 is 0 Å². The first-order valence-corrected chi connectivity index (χ1v) is 15.7. The fourth-order valence-corrected chi connectivity index (χ4v) is 6.16. The summed E-state index contributed by atoms with van der Waals surface area (Å²) in [5.74, 6) is 0.427. The van der Waals surface area contributed by atoms with Gasteiger partial charge in [-0.3, -0.25) is 14.4 Å². The molecule has 1 aliphatic rings. The second-order valence-electron chi connectivity index (χ2n) is 10.6. The molecule has 42 heavy (non-hydrogen) atoms. The summed E-state index contributed by atoms with van der Waals surface area (Å²) in [5.41, 5.74) is 1.40. The summed E-state index contributed by atoms with van der Waals surface area (Å²) in [6, 6.07) is 15.7. The molecule has 0 radical (unpaired) electrons. The van der Waals surface area contributed by atoms with E-state index >= 15 is 0 Å². The number of ether oxygens (including phenoxy) is 2. The first-order chi connectivity index (χ1) is 19.9. The molecule has 9 nitrogen and oxygen atoms in total. The van der Waals surface area contributed by atoms with E-state index in [2.05, 4.69) is 9.62 Å². The van der Waals surface area contributed by atoms with Crippen molar-refractivity contribution in [2.45, 2.75) is 37.4 Å². The third kappa shape index (κ3) is 7.48. The lowest BCUT2D eigenvalue weighted by Gasteiger charge is -2.38. The number of benzene rings is 3. The molecule has 3 atom stereocenters. The van der Waals surface area contributed by atoms with E-state index in [0.29, 0.717) is 41.2 Å². The first-order valence-electron chi connectivity index (χ1n) is 13.4. The number of carbonyl (C=O) groups excluding carboxylic acids is 1. The van der Waals surface area contributed by atoms with E-state index in [0.717, 1.165) is 5.56 Å². The molecule has 4 rings (SSSR count). The van der Waals surface area contributed by atoms with E-state index in [1.807, 2.05) is 26.1 Å². The number of hydrogen-bond donors (Lipinski definition) is 2. The van der Waals surface area contributed by atoms with Crippen LogP contribution in [0.25, 0.3) is 0 Å². The van der Waals surface area contributed by atoms with Gasteiger partial charge in [-0.05, 0) is 74.1 Å². The number of rotatable bonds is 10. The van der Waals surface area contributed by atoms with Crippen molar-refractivity contribution in [1.29, 1.82) is 0 Å². The molecule has 12 heteroatoms. The molecule has 1 heterocycles. The minimum atomic E-state index is -3.94. The molecular weight excluding hydrogens is 601 g/mol. The maximum absolute atomic E-state index is 13.7. The lowest BCUT2D eigenvalue weighted by atomic mass is 9.99. The molecule has 2 N–H and O–H groups in total. The highest BCUT2D eigenvalue weighted by Crippen LogP contribution is 2.32. The van der Waals surface area contributed by atoms with Gasteiger partial charge in [0.05, 0.1) is 40.3 Å². The Balaban J connectivity index is 1.62. The van der Waals surface area contributed by atoms with Crippen LogP contribution in [-0.2, 0) is 16.6 Å². The maximum Gasteiger partial charge on any atom is 0.261 e. The van der Waals surface area contributed by atoms with Gasteiger partial charge in [0, 0.05) is 31.2 Å². The van der Waals surface area contributed by atoms with Crippen molar-refractivity contribution in [2.24, 2.45) is 5.92 Å². The van der Waals surface area contributed by atoms with Crippen LogP contribution >= 0.6 is 23.2 Å². The van der Waals surface area contributed by atoms with E-state index < -0.39 is 16.1 Å². The molecule has 0 bridgehead atoms. The van der Waals surface area contributed by atoms with Gasteiger partial charge in [-0.15, -0.1) is 0 Å². The minimum absolute atomic E-state index is 0.0482. The highest BCUT2D eigenvalue weighted by atomic mass is 35.5. The molecule has 0 saturated carbocycles. The molecule has 0 aromatic heterocycles.